The number of hydrogen-bond donors (Lipinski definition) is 2. The molecule has 1 unspecified atom stereocenters. The summed E-state index contributed by atoms with van der Waals surface area (Å²) in [6.45, 7) is 8.54. The number of hydrogen-bond acceptors (Lipinski definition) is 6. The lowest BCUT2D eigenvalue weighted by atomic mass is 10.3. The lowest BCUT2D eigenvalue weighted by Gasteiger charge is -2.16. The first kappa shape index (κ1) is 16.8. The highest BCUT2D eigenvalue weighted by Crippen LogP contribution is 2.18. The molecule has 7 nitrogen and oxygen atoms in total. The molecule has 1 aromatic rings. The minimum atomic E-state index is -0.405. The van der Waals surface area contributed by atoms with Crippen LogP contribution in [0.25, 0.3) is 0 Å². The van der Waals surface area contributed by atoms with Gasteiger partial charge in [-0.05, 0) is 27.3 Å². The topological polar surface area (TPSA) is 89.0 Å². The molecule has 114 valence electrons. The number of aromatic nitrogens is 3. The molecule has 0 radical (unpaired) electrons. The van der Waals surface area contributed by atoms with Gasteiger partial charge in [-0.15, -0.1) is 5.10 Å². The average molecular weight is 302 g/mol. The molecule has 1 aromatic heterocycles. The van der Waals surface area contributed by atoms with Gasteiger partial charge in [-0.2, -0.15) is 0 Å². The molecule has 0 spiro atoms. The number of esters is 1. The molecule has 0 aliphatic heterocycles. The number of aromatic amines is 1. The molecule has 2 N–H and O–H groups in total. The Balaban J connectivity index is 2.72. The van der Waals surface area contributed by atoms with Crippen molar-refractivity contribution < 1.29 is 9.53 Å². The van der Waals surface area contributed by atoms with Crippen molar-refractivity contribution in [1.29, 1.82) is 0 Å². The summed E-state index contributed by atoms with van der Waals surface area (Å²) in [6, 6.07) is -0.388. The van der Waals surface area contributed by atoms with Gasteiger partial charge in [0.25, 0.3) is 0 Å². The van der Waals surface area contributed by atoms with Gasteiger partial charge in [-0.1, -0.05) is 18.7 Å². The first-order chi connectivity index (χ1) is 9.51. The van der Waals surface area contributed by atoms with Crippen molar-refractivity contribution in [1.82, 2.24) is 20.1 Å². The van der Waals surface area contributed by atoms with Crippen LogP contribution in [-0.4, -0.2) is 45.7 Å². The zero-order valence-electron chi connectivity index (χ0n) is 12.3. The van der Waals surface area contributed by atoms with Crippen molar-refractivity contribution in [3.05, 3.63) is 10.5 Å². The predicted octanol–water partition coefficient (Wildman–Crippen LogP) is 0.786. The van der Waals surface area contributed by atoms with Crippen LogP contribution in [0.2, 0.25) is 0 Å². The molecule has 0 aromatic carbocycles. The first-order valence-corrected chi connectivity index (χ1v) is 7.69. The molecule has 1 atom stereocenters. The van der Waals surface area contributed by atoms with E-state index < -0.39 is 6.04 Å². The third kappa shape index (κ3) is 4.38. The zero-order valence-corrected chi connectivity index (χ0v) is 13.1. The van der Waals surface area contributed by atoms with E-state index in [1.807, 2.05) is 20.8 Å². The van der Waals surface area contributed by atoms with E-state index in [0.29, 0.717) is 24.1 Å². The van der Waals surface area contributed by atoms with Crippen LogP contribution in [-0.2, 0) is 9.53 Å². The van der Waals surface area contributed by atoms with E-state index in [-0.39, 0.29) is 17.7 Å². The number of thioether (sulfide) groups is 1. The molecule has 0 bridgehead atoms. The lowest BCUT2D eigenvalue weighted by molar-refractivity contribution is -0.144. The van der Waals surface area contributed by atoms with Crippen molar-refractivity contribution in [3.63, 3.8) is 0 Å². The summed E-state index contributed by atoms with van der Waals surface area (Å²) in [7, 11) is 0. The number of likely N-dealkylation sites (N-methyl/N-ethyl adjacent to an activating group) is 1. The number of rotatable bonds is 8. The van der Waals surface area contributed by atoms with E-state index in [9.17, 15) is 9.59 Å². The van der Waals surface area contributed by atoms with Gasteiger partial charge in [0.1, 0.15) is 6.04 Å². The summed E-state index contributed by atoms with van der Waals surface area (Å²) in [5.74, 6) is 0.180. The highest BCUT2D eigenvalue weighted by Gasteiger charge is 2.21. The second-order valence-electron chi connectivity index (χ2n) is 4.45. The number of H-pyrrole nitrogens is 1. The molecule has 8 heteroatoms. The molecule has 0 amide bonds. The number of nitrogens with one attached hydrogen (secondary N) is 2. The Morgan fingerprint density at radius 3 is 2.75 bits per heavy atom. The van der Waals surface area contributed by atoms with Crippen molar-refractivity contribution in [3.8, 4) is 0 Å². The molecule has 0 saturated carbocycles. The summed E-state index contributed by atoms with van der Waals surface area (Å²) in [4.78, 5) is 23.4. The lowest BCUT2D eigenvalue weighted by Crippen LogP contribution is -2.40. The minimum absolute atomic E-state index is 0.0175. The summed E-state index contributed by atoms with van der Waals surface area (Å²) in [5, 5.41) is 10.1. The quantitative estimate of drug-likeness (QED) is 0.545. The monoisotopic (exact) mass is 302 g/mol. The normalized spacial score (nSPS) is 12.7. The standard InChI is InChI=1S/C12H22N4O3S/c1-5-13-9(10(17)19-6-2)7-20-12-15-14-11(18)16(12)8(3)4/h8-9,13H,5-7H2,1-4H3,(H,14,18). The minimum Gasteiger partial charge on any atom is -0.465 e. The molecule has 20 heavy (non-hydrogen) atoms. The zero-order chi connectivity index (χ0) is 15.1. The Morgan fingerprint density at radius 2 is 2.20 bits per heavy atom. The number of nitrogens with zero attached hydrogens (tertiary/aromatic N) is 2. The molecule has 1 heterocycles. The van der Waals surface area contributed by atoms with Crippen LogP contribution in [0.15, 0.2) is 9.95 Å². The van der Waals surface area contributed by atoms with Gasteiger partial charge in [0.05, 0.1) is 6.61 Å². The number of carbonyl (C=O) groups excluding carboxylic acids is 1. The highest BCUT2D eigenvalue weighted by molar-refractivity contribution is 7.99. The Morgan fingerprint density at radius 1 is 1.50 bits per heavy atom. The van der Waals surface area contributed by atoms with Gasteiger partial charge in [0, 0.05) is 11.8 Å². The summed E-state index contributed by atoms with van der Waals surface area (Å²) >= 11 is 1.36. The fourth-order valence-electron chi connectivity index (χ4n) is 1.70. The summed E-state index contributed by atoms with van der Waals surface area (Å²) in [5.41, 5.74) is -0.237. The van der Waals surface area contributed by atoms with E-state index >= 15 is 0 Å². The van der Waals surface area contributed by atoms with Crippen molar-refractivity contribution in [2.45, 2.75) is 44.9 Å². The summed E-state index contributed by atoms with van der Waals surface area (Å²) in [6.07, 6.45) is 0. The maximum Gasteiger partial charge on any atom is 0.344 e. The van der Waals surface area contributed by atoms with Gasteiger partial charge >= 0.3 is 11.7 Å². The van der Waals surface area contributed by atoms with Crippen LogP contribution in [0.1, 0.15) is 33.7 Å². The van der Waals surface area contributed by atoms with Gasteiger partial charge in [-0.3, -0.25) is 9.36 Å². The van der Waals surface area contributed by atoms with Gasteiger partial charge in [0.15, 0.2) is 5.16 Å². The Kier molecular flexibility index (Phi) is 6.80. The van der Waals surface area contributed by atoms with Gasteiger partial charge in [-0.25, -0.2) is 9.89 Å². The molecular formula is C12H22N4O3S. The van der Waals surface area contributed by atoms with Crippen LogP contribution in [0, 0.1) is 0 Å². The second-order valence-corrected chi connectivity index (χ2v) is 5.44. The summed E-state index contributed by atoms with van der Waals surface area (Å²) < 4.78 is 6.58. The molecule has 0 fully saturated rings. The van der Waals surface area contributed by atoms with E-state index in [1.165, 1.54) is 11.8 Å². The number of ether oxygens (including phenoxy) is 1. The van der Waals surface area contributed by atoms with E-state index in [2.05, 4.69) is 15.5 Å². The van der Waals surface area contributed by atoms with Crippen molar-refractivity contribution in [2.75, 3.05) is 18.9 Å². The third-order valence-corrected chi connectivity index (χ3v) is 3.64. The molecular weight excluding hydrogens is 280 g/mol. The van der Waals surface area contributed by atoms with Crippen molar-refractivity contribution in [2.24, 2.45) is 0 Å². The Labute approximate surface area is 122 Å². The van der Waals surface area contributed by atoms with Crippen LogP contribution < -0.4 is 11.0 Å². The second kappa shape index (κ2) is 8.11. The first-order valence-electron chi connectivity index (χ1n) is 6.70. The molecule has 0 saturated heterocycles. The number of carbonyl (C=O) groups is 1. The van der Waals surface area contributed by atoms with E-state index in [4.69, 9.17) is 4.74 Å². The largest absolute Gasteiger partial charge is 0.465 e. The average Bonchev–Trinajstić information content (AvgIpc) is 2.76. The third-order valence-electron chi connectivity index (χ3n) is 2.59. The molecule has 0 aliphatic rings. The smallest absolute Gasteiger partial charge is 0.344 e. The Bertz CT molecular complexity index is 483. The maximum atomic E-state index is 11.8. The van der Waals surface area contributed by atoms with Crippen LogP contribution >= 0.6 is 11.8 Å². The van der Waals surface area contributed by atoms with Crippen LogP contribution in [0.3, 0.4) is 0 Å². The fourth-order valence-corrected chi connectivity index (χ4v) is 2.82. The van der Waals surface area contributed by atoms with Crippen LogP contribution in [0.4, 0.5) is 0 Å². The highest BCUT2D eigenvalue weighted by atomic mass is 32.2. The molecule has 1 rings (SSSR count). The predicted molar refractivity (Wildman–Crippen MR) is 78.1 cm³/mol. The van der Waals surface area contributed by atoms with E-state index in [0.717, 1.165) is 0 Å². The Hall–Kier alpha value is -1.28. The maximum absolute atomic E-state index is 11.8. The SMILES string of the molecule is CCNC(CSc1n[nH]c(=O)n1C(C)C)C(=O)OCC. The van der Waals surface area contributed by atoms with Gasteiger partial charge in [0.2, 0.25) is 0 Å². The van der Waals surface area contributed by atoms with Gasteiger partial charge < -0.3 is 10.1 Å². The van der Waals surface area contributed by atoms with Crippen molar-refractivity contribution >= 4 is 17.7 Å². The van der Waals surface area contributed by atoms with Crippen LogP contribution in [0.5, 0.6) is 0 Å². The fraction of sp³-hybridized carbons (Fsp3) is 0.750. The molecule has 0 aliphatic carbocycles. The van der Waals surface area contributed by atoms with E-state index in [1.54, 1.807) is 11.5 Å².